The van der Waals surface area contributed by atoms with Crippen LogP contribution in [0.5, 0.6) is 0 Å². The van der Waals surface area contributed by atoms with E-state index >= 15 is 0 Å². The van der Waals surface area contributed by atoms with E-state index in [2.05, 4.69) is 5.32 Å². The van der Waals surface area contributed by atoms with Gasteiger partial charge >= 0.3 is 0 Å². The second-order valence-electron chi connectivity index (χ2n) is 4.64. The molecule has 0 radical (unpaired) electrons. The summed E-state index contributed by atoms with van der Waals surface area (Å²) >= 11 is 5.86. The van der Waals surface area contributed by atoms with E-state index in [1.807, 2.05) is 13.8 Å². The van der Waals surface area contributed by atoms with Crippen LogP contribution >= 0.6 is 11.6 Å². The summed E-state index contributed by atoms with van der Waals surface area (Å²) in [7, 11) is 0. The summed E-state index contributed by atoms with van der Waals surface area (Å²) in [6.45, 7) is 5.52. The summed E-state index contributed by atoms with van der Waals surface area (Å²) in [5, 5.41) is 2.72. The van der Waals surface area contributed by atoms with Crippen LogP contribution in [0.4, 0.5) is 4.39 Å². The lowest BCUT2D eigenvalue weighted by Gasteiger charge is -2.21. The van der Waals surface area contributed by atoms with Crippen LogP contribution in [-0.2, 0) is 4.79 Å². The zero-order chi connectivity index (χ0) is 15.3. The lowest BCUT2D eigenvalue weighted by atomic mass is 10.2. The van der Waals surface area contributed by atoms with Crippen molar-refractivity contribution in [1.82, 2.24) is 10.2 Å². The highest BCUT2D eigenvalue weighted by molar-refractivity contribution is 6.33. The molecule has 1 N–H and O–H groups in total. The molecule has 0 aliphatic heterocycles. The van der Waals surface area contributed by atoms with Gasteiger partial charge in [-0.25, -0.2) is 4.39 Å². The molecule has 0 fully saturated rings. The molecule has 6 heteroatoms. The average molecular weight is 301 g/mol. The smallest absolute Gasteiger partial charge is 0.258 e. The van der Waals surface area contributed by atoms with E-state index in [4.69, 9.17) is 11.6 Å². The predicted molar refractivity (Wildman–Crippen MR) is 76.3 cm³/mol. The Morgan fingerprint density at radius 1 is 1.40 bits per heavy atom. The van der Waals surface area contributed by atoms with Gasteiger partial charge in [0.1, 0.15) is 5.82 Å². The van der Waals surface area contributed by atoms with Crippen molar-refractivity contribution in [2.75, 3.05) is 13.1 Å². The van der Waals surface area contributed by atoms with Crippen LogP contribution in [0.3, 0.4) is 0 Å². The van der Waals surface area contributed by atoms with Gasteiger partial charge in [-0.05, 0) is 32.9 Å². The number of amides is 2. The predicted octanol–water partition coefficient (Wildman–Crippen LogP) is 2.47. The first-order valence-corrected chi connectivity index (χ1v) is 6.77. The average Bonchev–Trinajstić information content (AvgIpc) is 2.34. The molecule has 2 amide bonds. The number of hydrogen-bond donors (Lipinski definition) is 1. The molecule has 1 aromatic carbocycles. The summed E-state index contributed by atoms with van der Waals surface area (Å²) in [6, 6.07) is 4.02. The third kappa shape index (κ3) is 4.20. The number of benzene rings is 1. The summed E-state index contributed by atoms with van der Waals surface area (Å²) in [6.07, 6.45) is 0. The first kappa shape index (κ1) is 16.4. The topological polar surface area (TPSA) is 49.4 Å². The van der Waals surface area contributed by atoms with Crippen LogP contribution < -0.4 is 5.32 Å². The molecule has 0 unspecified atom stereocenters. The number of rotatable bonds is 5. The zero-order valence-corrected chi connectivity index (χ0v) is 12.5. The normalized spacial score (nSPS) is 10.5. The monoisotopic (exact) mass is 300 g/mol. The van der Waals surface area contributed by atoms with Crippen LogP contribution in [0.15, 0.2) is 18.2 Å². The van der Waals surface area contributed by atoms with Crippen molar-refractivity contribution in [3.05, 3.63) is 34.6 Å². The van der Waals surface area contributed by atoms with Gasteiger partial charge in [-0.2, -0.15) is 0 Å². The van der Waals surface area contributed by atoms with Crippen molar-refractivity contribution in [3.63, 3.8) is 0 Å². The standard InChI is InChI=1S/C14H18ClFN2O2/c1-4-18(8-12(19)17-9(2)3)14(20)13-10(15)6-5-7-11(13)16/h5-7,9H,4,8H2,1-3H3,(H,17,19). The van der Waals surface area contributed by atoms with Crippen molar-refractivity contribution in [2.45, 2.75) is 26.8 Å². The molecule has 4 nitrogen and oxygen atoms in total. The minimum absolute atomic E-state index is 0.0200. The fraction of sp³-hybridized carbons (Fsp3) is 0.429. The van der Waals surface area contributed by atoms with Crippen molar-refractivity contribution in [3.8, 4) is 0 Å². The third-order valence-corrected chi connectivity index (χ3v) is 2.94. The molecule has 0 saturated carbocycles. The maximum atomic E-state index is 13.7. The summed E-state index contributed by atoms with van der Waals surface area (Å²) in [5.74, 6) is -1.57. The molecular weight excluding hydrogens is 283 g/mol. The van der Waals surface area contributed by atoms with E-state index in [0.29, 0.717) is 0 Å². The number of carbonyl (C=O) groups excluding carboxylic acids is 2. The fourth-order valence-corrected chi connectivity index (χ4v) is 1.97. The molecule has 20 heavy (non-hydrogen) atoms. The van der Waals surface area contributed by atoms with Crippen LogP contribution in [0.1, 0.15) is 31.1 Å². The molecule has 0 heterocycles. The number of halogens is 2. The largest absolute Gasteiger partial charge is 0.352 e. The second-order valence-corrected chi connectivity index (χ2v) is 5.05. The molecule has 0 aliphatic carbocycles. The Morgan fingerprint density at radius 2 is 2.05 bits per heavy atom. The highest BCUT2D eigenvalue weighted by atomic mass is 35.5. The van der Waals surface area contributed by atoms with Crippen molar-refractivity contribution < 1.29 is 14.0 Å². The Labute approximate surface area is 122 Å². The number of nitrogens with zero attached hydrogens (tertiary/aromatic N) is 1. The maximum Gasteiger partial charge on any atom is 0.258 e. The highest BCUT2D eigenvalue weighted by Gasteiger charge is 2.22. The van der Waals surface area contributed by atoms with Crippen LogP contribution in [0, 0.1) is 5.82 Å². The van der Waals surface area contributed by atoms with E-state index in [1.165, 1.54) is 23.1 Å². The lowest BCUT2D eigenvalue weighted by molar-refractivity contribution is -0.122. The molecule has 0 bridgehead atoms. The quantitative estimate of drug-likeness (QED) is 0.908. The first-order chi connectivity index (χ1) is 9.36. The van der Waals surface area contributed by atoms with E-state index in [1.54, 1.807) is 6.92 Å². The molecule has 0 aromatic heterocycles. The van der Waals surface area contributed by atoms with Crippen LogP contribution in [-0.4, -0.2) is 35.8 Å². The van der Waals surface area contributed by atoms with Gasteiger partial charge in [-0.3, -0.25) is 9.59 Å². The molecule has 1 aromatic rings. The molecule has 0 atom stereocenters. The zero-order valence-electron chi connectivity index (χ0n) is 11.7. The van der Waals surface area contributed by atoms with Gasteiger partial charge in [-0.1, -0.05) is 17.7 Å². The van der Waals surface area contributed by atoms with E-state index in [9.17, 15) is 14.0 Å². The molecule has 0 aliphatic rings. The van der Waals surface area contributed by atoms with Gasteiger partial charge in [0.25, 0.3) is 5.91 Å². The Hall–Kier alpha value is -1.62. The number of nitrogens with one attached hydrogen (secondary N) is 1. The van der Waals surface area contributed by atoms with Gasteiger partial charge in [0.2, 0.25) is 5.91 Å². The summed E-state index contributed by atoms with van der Waals surface area (Å²) in [5.41, 5.74) is -0.201. The number of carbonyl (C=O) groups is 2. The minimum atomic E-state index is -0.690. The van der Waals surface area contributed by atoms with Gasteiger partial charge in [0.15, 0.2) is 0 Å². The maximum absolute atomic E-state index is 13.7. The van der Waals surface area contributed by atoms with Crippen LogP contribution in [0.2, 0.25) is 5.02 Å². The van der Waals surface area contributed by atoms with Crippen molar-refractivity contribution >= 4 is 23.4 Å². The molecule has 110 valence electrons. The van der Waals surface area contributed by atoms with E-state index in [0.717, 1.165) is 0 Å². The van der Waals surface area contributed by atoms with Crippen molar-refractivity contribution in [1.29, 1.82) is 0 Å². The SMILES string of the molecule is CCN(CC(=O)NC(C)C)C(=O)c1c(F)cccc1Cl. The van der Waals surface area contributed by atoms with Gasteiger partial charge < -0.3 is 10.2 Å². The number of hydrogen-bond acceptors (Lipinski definition) is 2. The molecule has 1 rings (SSSR count). The summed E-state index contributed by atoms with van der Waals surface area (Å²) in [4.78, 5) is 25.2. The van der Waals surface area contributed by atoms with E-state index < -0.39 is 11.7 Å². The van der Waals surface area contributed by atoms with Gasteiger partial charge in [-0.15, -0.1) is 0 Å². The Balaban J connectivity index is 2.90. The van der Waals surface area contributed by atoms with Crippen LogP contribution in [0.25, 0.3) is 0 Å². The Bertz CT molecular complexity index is 486. The molecule has 0 spiro atoms. The Morgan fingerprint density at radius 3 is 2.55 bits per heavy atom. The lowest BCUT2D eigenvalue weighted by Crippen LogP contribution is -2.42. The molecular formula is C14H18ClFN2O2. The van der Waals surface area contributed by atoms with Gasteiger partial charge in [0.05, 0.1) is 17.1 Å². The van der Waals surface area contributed by atoms with Crippen molar-refractivity contribution in [2.24, 2.45) is 0 Å². The number of likely N-dealkylation sites (N-methyl/N-ethyl adjacent to an activating group) is 1. The molecule has 0 saturated heterocycles. The first-order valence-electron chi connectivity index (χ1n) is 6.39. The summed E-state index contributed by atoms with van der Waals surface area (Å²) < 4.78 is 13.7. The van der Waals surface area contributed by atoms with E-state index in [-0.39, 0.29) is 35.6 Å². The highest BCUT2D eigenvalue weighted by Crippen LogP contribution is 2.20. The Kier molecular flexibility index (Phi) is 5.95. The minimum Gasteiger partial charge on any atom is -0.352 e. The second kappa shape index (κ2) is 7.24. The fourth-order valence-electron chi connectivity index (χ4n) is 1.73. The third-order valence-electron chi connectivity index (χ3n) is 2.63. The van der Waals surface area contributed by atoms with Gasteiger partial charge in [0, 0.05) is 12.6 Å².